The molecular weight excluding hydrogens is 216 g/mol. The van der Waals surface area contributed by atoms with Crippen molar-refractivity contribution in [2.24, 2.45) is 5.92 Å². The lowest BCUT2D eigenvalue weighted by atomic mass is 9.87. The lowest BCUT2D eigenvalue weighted by Gasteiger charge is -2.34. The van der Waals surface area contributed by atoms with E-state index in [1.54, 1.807) is 18.6 Å². The van der Waals surface area contributed by atoms with E-state index in [9.17, 15) is 4.79 Å². The summed E-state index contributed by atoms with van der Waals surface area (Å²) in [5.41, 5.74) is -0.461. The molecule has 1 saturated heterocycles. The Balaban J connectivity index is 2.15. The first-order valence-electron chi connectivity index (χ1n) is 5.84. The van der Waals surface area contributed by atoms with Gasteiger partial charge in [-0.15, -0.1) is 0 Å². The predicted octanol–water partition coefficient (Wildman–Crippen LogP) is 1.15. The molecule has 1 fully saturated rings. The number of likely N-dealkylation sites (tertiary alicyclic amines) is 1. The van der Waals surface area contributed by atoms with Crippen LogP contribution in [0.25, 0.3) is 0 Å². The van der Waals surface area contributed by atoms with Crippen LogP contribution >= 0.6 is 0 Å². The molecule has 92 valence electrons. The molecule has 2 rings (SSSR count). The fraction of sp³-hybridized carbons (Fsp3) is 0.583. The standard InChI is InChI=1S/C12H18N4O/c1-9-4-7-16(3)12(9,2)11(17)15-10-8-13-5-6-14-10/h5-6,8-9H,4,7H2,1-3H3,(H,14,15,17). The van der Waals surface area contributed by atoms with Crippen LogP contribution in [-0.2, 0) is 4.79 Å². The van der Waals surface area contributed by atoms with E-state index < -0.39 is 5.54 Å². The van der Waals surface area contributed by atoms with Crippen LogP contribution in [0.15, 0.2) is 18.6 Å². The fourth-order valence-electron chi connectivity index (χ4n) is 2.28. The van der Waals surface area contributed by atoms with E-state index in [0.29, 0.717) is 11.7 Å². The first kappa shape index (κ1) is 12.0. The van der Waals surface area contributed by atoms with Gasteiger partial charge in [0.05, 0.1) is 6.20 Å². The summed E-state index contributed by atoms with van der Waals surface area (Å²) in [5.74, 6) is 0.834. The topological polar surface area (TPSA) is 58.1 Å². The highest BCUT2D eigenvalue weighted by atomic mass is 16.2. The molecule has 1 aliphatic rings. The van der Waals surface area contributed by atoms with Crippen molar-refractivity contribution >= 4 is 11.7 Å². The zero-order valence-electron chi connectivity index (χ0n) is 10.5. The second-order valence-electron chi connectivity index (χ2n) is 4.80. The number of likely N-dealkylation sites (N-methyl/N-ethyl adjacent to an activating group) is 1. The first-order chi connectivity index (χ1) is 8.05. The number of carbonyl (C=O) groups excluding carboxylic acids is 1. The molecule has 5 heteroatoms. The van der Waals surface area contributed by atoms with Crippen molar-refractivity contribution in [1.29, 1.82) is 0 Å². The third kappa shape index (κ3) is 2.02. The maximum Gasteiger partial charge on any atom is 0.246 e. The van der Waals surface area contributed by atoms with Gasteiger partial charge < -0.3 is 5.32 Å². The van der Waals surface area contributed by atoms with Gasteiger partial charge in [0.25, 0.3) is 0 Å². The van der Waals surface area contributed by atoms with E-state index in [4.69, 9.17) is 0 Å². The highest BCUT2D eigenvalue weighted by Crippen LogP contribution is 2.33. The molecule has 1 aromatic heterocycles. The highest BCUT2D eigenvalue weighted by Gasteiger charge is 2.46. The molecule has 0 aromatic carbocycles. The van der Waals surface area contributed by atoms with E-state index in [2.05, 4.69) is 27.1 Å². The number of anilines is 1. The molecule has 0 saturated carbocycles. The molecule has 1 aromatic rings. The molecule has 0 bridgehead atoms. The Morgan fingerprint density at radius 1 is 1.59 bits per heavy atom. The number of rotatable bonds is 2. The Hall–Kier alpha value is -1.49. The minimum Gasteiger partial charge on any atom is -0.308 e. The zero-order valence-corrected chi connectivity index (χ0v) is 10.5. The highest BCUT2D eigenvalue weighted by molar-refractivity contribution is 5.97. The first-order valence-corrected chi connectivity index (χ1v) is 5.84. The Bertz CT molecular complexity index is 396. The summed E-state index contributed by atoms with van der Waals surface area (Å²) >= 11 is 0. The van der Waals surface area contributed by atoms with Crippen LogP contribution in [0.2, 0.25) is 0 Å². The quantitative estimate of drug-likeness (QED) is 0.834. The van der Waals surface area contributed by atoms with Crippen molar-refractivity contribution < 1.29 is 4.79 Å². The van der Waals surface area contributed by atoms with Crippen molar-refractivity contribution in [2.75, 3.05) is 18.9 Å². The van der Waals surface area contributed by atoms with Gasteiger partial charge in [-0.3, -0.25) is 14.7 Å². The summed E-state index contributed by atoms with van der Waals surface area (Å²) in [6, 6.07) is 0. The second-order valence-corrected chi connectivity index (χ2v) is 4.80. The number of carbonyl (C=O) groups is 1. The van der Waals surface area contributed by atoms with E-state index in [1.165, 1.54) is 0 Å². The van der Waals surface area contributed by atoms with Crippen molar-refractivity contribution in [1.82, 2.24) is 14.9 Å². The normalized spacial score (nSPS) is 29.2. The maximum absolute atomic E-state index is 12.3. The molecule has 1 aliphatic heterocycles. The third-order valence-corrected chi connectivity index (χ3v) is 3.91. The number of hydrogen-bond donors (Lipinski definition) is 1. The largest absolute Gasteiger partial charge is 0.308 e. The van der Waals surface area contributed by atoms with E-state index in [0.717, 1.165) is 13.0 Å². The van der Waals surface area contributed by atoms with Crippen molar-refractivity contribution in [3.8, 4) is 0 Å². The Morgan fingerprint density at radius 2 is 2.35 bits per heavy atom. The average Bonchev–Trinajstić information content (AvgIpc) is 2.59. The molecule has 2 heterocycles. The van der Waals surface area contributed by atoms with Crippen molar-refractivity contribution in [3.63, 3.8) is 0 Å². The SMILES string of the molecule is CC1CCN(C)C1(C)C(=O)Nc1cnccn1. The molecule has 0 radical (unpaired) electrons. The second kappa shape index (κ2) is 4.41. The molecule has 0 aliphatic carbocycles. The van der Waals surface area contributed by atoms with Crippen molar-refractivity contribution in [3.05, 3.63) is 18.6 Å². The lowest BCUT2D eigenvalue weighted by molar-refractivity contribution is -0.126. The smallest absolute Gasteiger partial charge is 0.246 e. The number of hydrogen-bond acceptors (Lipinski definition) is 4. The van der Waals surface area contributed by atoms with E-state index in [1.807, 2.05) is 14.0 Å². The number of amides is 1. The zero-order chi connectivity index (χ0) is 12.5. The van der Waals surface area contributed by atoms with Gasteiger partial charge in [0, 0.05) is 12.4 Å². The van der Waals surface area contributed by atoms with Crippen LogP contribution in [0.5, 0.6) is 0 Å². The summed E-state index contributed by atoms with van der Waals surface area (Å²) in [6.07, 6.45) is 5.75. The fourth-order valence-corrected chi connectivity index (χ4v) is 2.28. The Kier molecular flexibility index (Phi) is 3.11. The van der Waals surface area contributed by atoms with Gasteiger partial charge in [0.2, 0.25) is 5.91 Å². The van der Waals surface area contributed by atoms with Gasteiger partial charge in [-0.1, -0.05) is 6.92 Å². The van der Waals surface area contributed by atoms with Gasteiger partial charge in [-0.2, -0.15) is 0 Å². The lowest BCUT2D eigenvalue weighted by Crippen LogP contribution is -2.52. The molecule has 17 heavy (non-hydrogen) atoms. The number of nitrogens with one attached hydrogen (secondary N) is 1. The number of aromatic nitrogens is 2. The summed E-state index contributed by atoms with van der Waals surface area (Å²) in [7, 11) is 1.99. The molecule has 2 atom stereocenters. The van der Waals surface area contributed by atoms with Crippen LogP contribution in [0.4, 0.5) is 5.82 Å². The van der Waals surface area contributed by atoms with Crippen molar-refractivity contribution in [2.45, 2.75) is 25.8 Å². The molecular formula is C12H18N4O. The minimum absolute atomic E-state index is 0.00880. The van der Waals surface area contributed by atoms with Gasteiger partial charge in [0.15, 0.2) is 5.82 Å². The van der Waals surface area contributed by atoms with E-state index >= 15 is 0 Å². The van der Waals surface area contributed by atoms with Gasteiger partial charge >= 0.3 is 0 Å². The van der Waals surface area contributed by atoms with Crippen LogP contribution in [0, 0.1) is 5.92 Å². The van der Waals surface area contributed by atoms with E-state index in [-0.39, 0.29) is 5.91 Å². The Labute approximate surface area is 101 Å². The molecule has 5 nitrogen and oxygen atoms in total. The number of nitrogens with zero attached hydrogens (tertiary/aromatic N) is 3. The monoisotopic (exact) mass is 234 g/mol. The average molecular weight is 234 g/mol. The maximum atomic E-state index is 12.3. The van der Waals surface area contributed by atoms with Crippen LogP contribution in [0.1, 0.15) is 20.3 Å². The molecule has 2 unspecified atom stereocenters. The van der Waals surface area contributed by atoms with Gasteiger partial charge in [-0.05, 0) is 32.9 Å². The van der Waals surface area contributed by atoms with Crippen LogP contribution in [-0.4, -0.2) is 39.9 Å². The van der Waals surface area contributed by atoms with Gasteiger partial charge in [-0.25, -0.2) is 4.98 Å². The summed E-state index contributed by atoms with van der Waals surface area (Å²) in [6.45, 7) is 5.04. The molecule has 1 N–H and O–H groups in total. The minimum atomic E-state index is -0.461. The third-order valence-electron chi connectivity index (χ3n) is 3.91. The summed E-state index contributed by atoms with van der Waals surface area (Å²) in [5, 5.41) is 2.83. The predicted molar refractivity (Wildman–Crippen MR) is 65.5 cm³/mol. The summed E-state index contributed by atoms with van der Waals surface area (Å²) in [4.78, 5) is 22.4. The van der Waals surface area contributed by atoms with Crippen LogP contribution in [0.3, 0.4) is 0 Å². The Morgan fingerprint density at radius 3 is 2.88 bits per heavy atom. The van der Waals surface area contributed by atoms with Gasteiger partial charge in [0.1, 0.15) is 5.54 Å². The summed E-state index contributed by atoms with van der Waals surface area (Å²) < 4.78 is 0. The molecule has 1 amide bonds. The van der Waals surface area contributed by atoms with Crippen LogP contribution < -0.4 is 5.32 Å². The molecule has 0 spiro atoms.